The van der Waals surface area contributed by atoms with Gasteiger partial charge in [-0.3, -0.25) is 4.79 Å². The minimum absolute atomic E-state index is 0.0206. The molecule has 136 valence electrons. The third kappa shape index (κ3) is 4.24. The molecule has 3 rings (SSSR count). The highest BCUT2D eigenvalue weighted by Crippen LogP contribution is 2.23. The maximum atomic E-state index is 12.2. The van der Waals surface area contributed by atoms with Crippen molar-refractivity contribution in [3.63, 3.8) is 0 Å². The van der Waals surface area contributed by atoms with Crippen LogP contribution < -0.4 is 5.32 Å². The number of carbonyl (C=O) groups excluding carboxylic acids is 1. The Labute approximate surface area is 157 Å². The minimum Gasteiger partial charge on any atom is -0.441 e. The zero-order chi connectivity index (χ0) is 18.5. The summed E-state index contributed by atoms with van der Waals surface area (Å²) < 4.78 is 5.74. The van der Waals surface area contributed by atoms with E-state index in [1.54, 1.807) is 17.0 Å². The van der Waals surface area contributed by atoms with Gasteiger partial charge in [0.25, 0.3) is 0 Å². The Morgan fingerprint density at radius 3 is 2.96 bits per heavy atom. The summed E-state index contributed by atoms with van der Waals surface area (Å²) in [5.41, 5.74) is 1.74. The van der Waals surface area contributed by atoms with Crippen LogP contribution in [0.5, 0.6) is 0 Å². The standard InChI is InChI=1S/C19H21ClN4O2/c1-13-17(23-19(26-13)14-4-6-15(20)7-5-14)8-9-22-12-18(25)24-10-2-3-16(24)11-21/h4-7,16,22H,2-3,8-10,12H2,1H3/t16-/m0/s1. The van der Waals surface area contributed by atoms with E-state index in [-0.39, 0.29) is 18.5 Å². The van der Waals surface area contributed by atoms with Crippen molar-refractivity contribution in [3.8, 4) is 17.5 Å². The summed E-state index contributed by atoms with van der Waals surface area (Å²) in [4.78, 5) is 18.4. The zero-order valence-corrected chi connectivity index (χ0v) is 15.4. The quantitative estimate of drug-likeness (QED) is 0.788. The number of halogens is 1. The van der Waals surface area contributed by atoms with Gasteiger partial charge in [-0.15, -0.1) is 0 Å². The molecule has 1 aliphatic heterocycles. The molecule has 1 atom stereocenters. The Kier molecular flexibility index (Phi) is 5.92. The Morgan fingerprint density at radius 2 is 2.23 bits per heavy atom. The molecule has 6 nitrogen and oxygen atoms in total. The first-order valence-corrected chi connectivity index (χ1v) is 9.08. The van der Waals surface area contributed by atoms with Crippen molar-refractivity contribution < 1.29 is 9.21 Å². The number of nitriles is 1. The van der Waals surface area contributed by atoms with Crippen molar-refractivity contribution in [3.05, 3.63) is 40.7 Å². The van der Waals surface area contributed by atoms with Gasteiger partial charge in [0.15, 0.2) is 0 Å². The summed E-state index contributed by atoms with van der Waals surface area (Å²) >= 11 is 5.90. The molecule has 2 heterocycles. The fourth-order valence-corrected chi connectivity index (χ4v) is 3.20. The predicted octanol–water partition coefficient (Wildman–Crippen LogP) is 2.95. The number of aryl methyl sites for hydroxylation is 1. The number of rotatable bonds is 6. The van der Waals surface area contributed by atoms with E-state index < -0.39 is 0 Å². The van der Waals surface area contributed by atoms with E-state index >= 15 is 0 Å². The van der Waals surface area contributed by atoms with Gasteiger partial charge in [0.2, 0.25) is 11.8 Å². The lowest BCUT2D eigenvalue weighted by Gasteiger charge is -2.19. The average Bonchev–Trinajstić information content (AvgIpc) is 3.26. The third-order valence-corrected chi connectivity index (χ3v) is 4.77. The second-order valence-electron chi connectivity index (χ2n) is 6.33. The van der Waals surface area contributed by atoms with E-state index in [4.69, 9.17) is 21.3 Å². The molecule has 7 heteroatoms. The minimum atomic E-state index is -0.274. The maximum absolute atomic E-state index is 12.2. The summed E-state index contributed by atoms with van der Waals surface area (Å²) in [6, 6.07) is 9.26. The molecule has 1 amide bonds. The number of amides is 1. The smallest absolute Gasteiger partial charge is 0.237 e. The van der Waals surface area contributed by atoms with E-state index in [0.717, 1.165) is 29.9 Å². The number of hydrogen-bond acceptors (Lipinski definition) is 5. The molecule has 1 aromatic heterocycles. The van der Waals surface area contributed by atoms with Crippen LogP contribution in [0.25, 0.3) is 11.5 Å². The Balaban J connectivity index is 1.50. The molecule has 1 aromatic carbocycles. The van der Waals surface area contributed by atoms with Crippen molar-refractivity contribution in [2.24, 2.45) is 0 Å². The topological polar surface area (TPSA) is 82.2 Å². The van der Waals surface area contributed by atoms with Crippen LogP contribution in [-0.4, -0.2) is 41.5 Å². The van der Waals surface area contributed by atoms with Gasteiger partial charge in [0.05, 0.1) is 18.3 Å². The van der Waals surface area contributed by atoms with Crippen molar-refractivity contribution in [1.29, 1.82) is 5.26 Å². The van der Waals surface area contributed by atoms with Crippen LogP contribution >= 0.6 is 11.6 Å². The van der Waals surface area contributed by atoms with E-state index in [0.29, 0.717) is 30.4 Å². The summed E-state index contributed by atoms with van der Waals surface area (Å²) in [5.74, 6) is 1.32. The van der Waals surface area contributed by atoms with Gasteiger partial charge in [0, 0.05) is 30.1 Å². The highest BCUT2D eigenvalue weighted by molar-refractivity contribution is 6.30. The van der Waals surface area contributed by atoms with Gasteiger partial charge in [-0.2, -0.15) is 5.26 Å². The lowest BCUT2D eigenvalue weighted by molar-refractivity contribution is -0.130. The van der Waals surface area contributed by atoms with Crippen LogP contribution in [0.2, 0.25) is 5.02 Å². The number of likely N-dealkylation sites (tertiary alicyclic amines) is 1. The number of nitrogens with one attached hydrogen (secondary N) is 1. The molecule has 0 bridgehead atoms. The molecular weight excluding hydrogens is 352 g/mol. The van der Waals surface area contributed by atoms with Crippen LogP contribution in [-0.2, 0) is 11.2 Å². The Bertz CT molecular complexity index is 810. The number of carbonyl (C=O) groups is 1. The van der Waals surface area contributed by atoms with Crippen molar-refractivity contribution in [2.75, 3.05) is 19.6 Å². The number of nitrogens with zero attached hydrogens (tertiary/aromatic N) is 3. The van der Waals surface area contributed by atoms with Crippen LogP contribution in [0.3, 0.4) is 0 Å². The molecule has 0 unspecified atom stereocenters. The van der Waals surface area contributed by atoms with Gasteiger partial charge in [-0.1, -0.05) is 11.6 Å². The van der Waals surface area contributed by atoms with Crippen molar-refractivity contribution in [1.82, 2.24) is 15.2 Å². The Morgan fingerprint density at radius 1 is 1.46 bits per heavy atom. The van der Waals surface area contributed by atoms with Crippen LogP contribution in [0, 0.1) is 18.3 Å². The normalized spacial score (nSPS) is 16.7. The Hall–Kier alpha value is -2.36. The zero-order valence-electron chi connectivity index (χ0n) is 14.7. The van der Waals surface area contributed by atoms with E-state index in [2.05, 4.69) is 16.4 Å². The monoisotopic (exact) mass is 372 g/mol. The molecule has 2 aromatic rings. The first-order valence-electron chi connectivity index (χ1n) is 8.70. The second kappa shape index (κ2) is 8.35. The first-order chi connectivity index (χ1) is 12.6. The summed E-state index contributed by atoms with van der Waals surface area (Å²) in [6.45, 7) is 3.41. The van der Waals surface area contributed by atoms with Crippen LogP contribution in [0.4, 0.5) is 0 Å². The number of aromatic nitrogens is 1. The van der Waals surface area contributed by atoms with Gasteiger partial charge in [-0.25, -0.2) is 4.98 Å². The van der Waals surface area contributed by atoms with Gasteiger partial charge < -0.3 is 14.6 Å². The largest absolute Gasteiger partial charge is 0.441 e. The number of hydrogen-bond donors (Lipinski definition) is 1. The van der Waals surface area contributed by atoms with Crippen LogP contribution in [0.15, 0.2) is 28.7 Å². The molecule has 1 N–H and O–H groups in total. The fourth-order valence-electron chi connectivity index (χ4n) is 3.08. The highest BCUT2D eigenvalue weighted by Gasteiger charge is 2.27. The van der Waals surface area contributed by atoms with E-state index in [1.807, 2.05) is 19.1 Å². The number of benzene rings is 1. The molecule has 1 fully saturated rings. The van der Waals surface area contributed by atoms with Gasteiger partial charge in [0.1, 0.15) is 11.8 Å². The molecule has 0 aliphatic carbocycles. The van der Waals surface area contributed by atoms with E-state index in [9.17, 15) is 4.79 Å². The molecular formula is C19H21ClN4O2. The van der Waals surface area contributed by atoms with E-state index in [1.165, 1.54) is 0 Å². The van der Waals surface area contributed by atoms with Gasteiger partial charge >= 0.3 is 0 Å². The second-order valence-corrected chi connectivity index (χ2v) is 6.77. The fraction of sp³-hybridized carbons (Fsp3) is 0.421. The lowest BCUT2D eigenvalue weighted by atomic mass is 10.2. The summed E-state index contributed by atoms with van der Waals surface area (Å²) in [7, 11) is 0. The molecule has 0 spiro atoms. The van der Waals surface area contributed by atoms with Crippen molar-refractivity contribution >= 4 is 17.5 Å². The lowest BCUT2D eigenvalue weighted by Crippen LogP contribution is -2.41. The SMILES string of the molecule is Cc1oc(-c2ccc(Cl)cc2)nc1CCNCC(=O)N1CCC[C@H]1C#N. The average molecular weight is 373 g/mol. The summed E-state index contributed by atoms with van der Waals surface area (Å²) in [6.07, 6.45) is 2.33. The maximum Gasteiger partial charge on any atom is 0.237 e. The predicted molar refractivity (Wildman–Crippen MR) is 98.6 cm³/mol. The first kappa shape index (κ1) is 18.4. The molecule has 1 aliphatic rings. The number of oxazole rings is 1. The molecule has 0 saturated carbocycles. The highest BCUT2D eigenvalue weighted by atomic mass is 35.5. The third-order valence-electron chi connectivity index (χ3n) is 4.52. The molecule has 1 saturated heterocycles. The summed E-state index contributed by atoms with van der Waals surface area (Å²) in [5, 5.41) is 12.9. The van der Waals surface area contributed by atoms with Gasteiger partial charge in [-0.05, 0) is 44.0 Å². The van der Waals surface area contributed by atoms with Crippen LogP contribution in [0.1, 0.15) is 24.3 Å². The van der Waals surface area contributed by atoms with Crippen molar-refractivity contribution in [2.45, 2.75) is 32.2 Å². The molecule has 0 radical (unpaired) electrons. The molecule has 26 heavy (non-hydrogen) atoms.